The van der Waals surface area contributed by atoms with Crippen LogP contribution in [0.2, 0.25) is 0 Å². The first-order chi connectivity index (χ1) is 15.2. The molecular weight excluding hydrogens is 468 g/mol. The summed E-state index contributed by atoms with van der Waals surface area (Å²) < 4.78 is 5.65. The van der Waals surface area contributed by atoms with Crippen LogP contribution in [0.5, 0.6) is 0 Å². The highest BCUT2D eigenvalue weighted by atomic mass is 32.2. The molecule has 3 rings (SSSR count). The fourth-order valence-corrected chi connectivity index (χ4v) is 5.23. The molecule has 1 aromatic heterocycles. The van der Waals surface area contributed by atoms with E-state index in [1.54, 1.807) is 13.0 Å². The summed E-state index contributed by atoms with van der Waals surface area (Å²) in [4.78, 5) is 47.8. The minimum absolute atomic E-state index is 0.0217. The molecule has 0 saturated heterocycles. The molecule has 3 heterocycles. The van der Waals surface area contributed by atoms with Crippen LogP contribution >= 0.6 is 35.7 Å². The molecule has 0 fully saturated rings. The minimum atomic E-state index is -1.01. The molecule has 32 heavy (non-hydrogen) atoms. The van der Waals surface area contributed by atoms with Crippen LogP contribution in [0.1, 0.15) is 44.3 Å². The van der Waals surface area contributed by atoms with Gasteiger partial charge in [-0.15, -0.1) is 23.1 Å². The Labute approximate surface area is 201 Å². The molecule has 3 atom stereocenters. The molecular formula is C21H28N4O4S3. The van der Waals surface area contributed by atoms with Gasteiger partial charge in [-0.05, 0) is 31.1 Å². The SMILES string of the molecule is CC(C)[C@@H]1NC(=O)C2(C)CSC(=N2)c2csc(n2)CNC(=O)CC(/C=C/CCS)OC1=O. The van der Waals surface area contributed by atoms with E-state index in [-0.39, 0.29) is 30.7 Å². The second kappa shape index (κ2) is 10.8. The molecule has 2 aliphatic heterocycles. The summed E-state index contributed by atoms with van der Waals surface area (Å²) in [6, 6.07) is -0.855. The molecule has 8 nitrogen and oxygen atoms in total. The number of nitrogens with one attached hydrogen (secondary N) is 2. The Balaban J connectivity index is 1.92. The fraction of sp³-hybridized carbons (Fsp3) is 0.571. The number of ether oxygens (including phenoxy) is 1. The summed E-state index contributed by atoms with van der Waals surface area (Å²) in [7, 11) is 0. The number of aromatic nitrogens is 1. The van der Waals surface area contributed by atoms with Crippen molar-refractivity contribution in [1.29, 1.82) is 0 Å². The van der Waals surface area contributed by atoms with E-state index < -0.39 is 23.7 Å². The third-order valence-corrected chi connectivity index (χ3v) is 7.43. The number of thiol groups is 1. The van der Waals surface area contributed by atoms with E-state index in [0.29, 0.717) is 28.7 Å². The van der Waals surface area contributed by atoms with Crippen molar-refractivity contribution in [3.05, 3.63) is 28.2 Å². The maximum atomic E-state index is 13.1. The molecule has 11 heteroatoms. The van der Waals surface area contributed by atoms with Crippen LogP contribution in [-0.4, -0.2) is 57.0 Å². The minimum Gasteiger partial charge on any atom is -0.456 e. The molecule has 0 aliphatic carbocycles. The molecule has 0 spiro atoms. The van der Waals surface area contributed by atoms with Gasteiger partial charge in [0.15, 0.2) is 0 Å². The van der Waals surface area contributed by atoms with E-state index in [4.69, 9.17) is 4.74 Å². The van der Waals surface area contributed by atoms with Crippen LogP contribution in [0.3, 0.4) is 0 Å². The largest absolute Gasteiger partial charge is 0.456 e. The molecule has 2 aliphatic rings. The number of amides is 2. The Morgan fingerprint density at radius 2 is 2.16 bits per heavy atom. The molecule has 2 unspecified atom stereocenters. The van der Waals surface area contributed by atoms with Crippen LogP contribution < -0.4 is 10.6 Å². The second-order valence-electron chi connectivity index (χ2n) is 8.20. The van der Waals surface area contributed by atoms with Gasteiger partial charge in [-0.3, -0.25) is 14.6 Å². The number of carbonyl (C=O) groups excluding carboxylic acids is 3. The lowest BCUT2D eigenvalue weighted by atomic mass is 10.0. The number of thioether (sulfide) groups is 1. The molecule has 2 N–H and O–H groups in total. The lowest BCUT2D eigenvalue weighted by molar-refractivity contribution is -0.153. The number of aliphatic imine (C=N–C) groups is 1. The van der Waals surface area contributed by atoms with Crippen LogP contribution in [0, 0.1) is 5.92 Å². The van der Waals surface area contributed by atoms with Crippen molar-refractivity contribution in [3.8, 4) is 0 Å². The predicted molar refractivity (Wildman–Crippen MR) is 130 cm³/mol. The maximum absolute atomic E-state index is 13.1. The molecule has 4 bridgehead atoms. The van der Waals surface area contributed by atoms with E-state index in [1.807, 2.05) is 25.3 Å². The van der Waals surface area contributed by atoms with Crippen LogP contribution in [0.25, 0.3) is 0 Å². The summed E-state index contributed by atoms with van der Waals surface area (Å²) in [5.74, 6) is -0.282. The van der Waals surface area contributed by atoms with Crippen molar-refractivity contribution in [1.82, 2.24) is 15.6 Å². The van der Waals surface area contributed by atoms with Crippen molar-refractivity contribution in [2.45, 2.75) is 57.8 Å². The highest BCUT2D eigenvalue weighted by Gasteiger charge is 2.41. The van der Waals surface area contributed by atoms with E-state index in [9.17, 15) is 14.4 Å². The number of hydrogen-bond donors (Lipinski definition) is 3. The Morgan fingerprint density at radius 1 is 1.38 bits per heavy atom. The quantitative estimate of drug-likeness (QED) is 0.335. The highest BCUT2D eigenvalue weighted by Crippen LogP contribution is 2.32. The van der Waals surface area contributed by atoms with Gasteiger partial charge in [-0.25, -0.2) is 9.78 Å². The second-order valence-corrected chi connectivity index (χ2v) is 10.6. The molecule has 1 aromatic rings. The summed E-state index contributed by atoms with van der Waals surface area (Å²) in [6.45, 7) is 5.69. The molecule has 0 radical (unpaired) electrons. The van der Waals surface area contributed by atoms with Gasteiger partial charge in [0.25, 0.3) is 0 Å². The zero-order chi connectivity index (χ0) is 23.3. The van der Waals surface area contributed by atoms with Gasteiger partial charge >= 0.3 is 5.97 Å². The normalized spacial score (nSPS) is 27.3. The highest BCUT2D eigenvalue weighted by molar-refractivity contribution is 8.14. The number of cyclic esters (lactones) is 1. The number of fused-ring (bicyclic) bond motifs is 4. The average Bonchev–Trinajstić information content (AvgIpc) is 3.37. The first-order valence-electron chi connectivity index (χ1n) is 10.4. The van der Waals surface area contributed by atoms with Crippen molar-refractivity contribution in [2.75, 3.05) is 11.5 Å². The van der Waals surface area contributed by atoms with E-state index in [2.05, 4.69) is 33.2 Å². The van der Waals surface area contributed by atoms with Crippen LogP contribution in [0.4, 0.5) is 0 Å². The van der Waals surface area contributed by atoms with Gasteiger partial charge < -0.3 is 15.4 Å². The lowest BCUT2D eigenvalue weighted by Gasteiger charge is -2.27. The predicted octanol–water partition coefficient (Wildman–Crippen LogP) is 2.34. The third kappa shape index (κ3) is 6.14. The van der Waals surface area contributed by atoms with E-state index in [0.717, 1.165) is 5.01 Å². The molecule has 0 saturated carbocycles. The zero-order valence-electron chi connectivity index (χ0n) is 18.3. The van der Waals surface area contributed by atoms with E-state index >= 15 is 0 Å². The monoisotopic (exact) mass is 496 g/mol. The number of thiazole rings is 1. The number of allylic oxidation sites excluding steroid dienone is 1. The van der Waals surface area contributed by atoms with E-state index in [1.165, 1.54) is 23.1 Å². The van der Waals surface area contributed by atoms with Gasteiger partial charge in [0.2, 0.25) is 11.8 Å². The van der Waals surface area contributed by atoms with Crippen LogP contribution in [-0.2, 0) is 25.7 Å². The van der Waals surface area contributed by atoms with Crippen molar-refractivity contribution >= 4 is 58.6 Å². The van der Waals surface area contributed by atoms with Gasteiger partial charge in [0, 0.05) is 11.1 Å². The van der Waals surface area contributed by atoms with Crippen molar-refractivity contribution < 1.29 is 19.1 Å². The van der Waals surface area contributed by atoms with Gasteiger partial charge in [0.05, 0.1) is 13.0 Å². The smallest absolute Gasteiger partial charge is 0.329 e. The standard InChI is InChI=1S/C21H28N4O4S3/c1-12(2)17-19(27)29-13(6-4-5-7-30)8-15(26)22-9-16-23-14(10-31-16)18-25-21(3,11-32-18)20(28)24-17/h4,6,10,12-13,17,30H,5,7-9,11H2,1-3H3,(H,22,26)(H,24,28)/b6-4+/t13?,17-,21?/m0/s1. The third-order valence-electron chi connectivity index (χ3n) is 5.04. The fourth-order valence-electron chi connectivity index (χ4n) is 3.15. The topological polar surface area (TPSA) is 110 Å². The van der Waals surface area contributed by atoms with Gasteiger partial charge in [0.1, 0.15) is 33.4 Å². The van der Waals surface area contributed by atoms with Gasteiger partial charge in [-0.2, -0.15) is 12.6 Å². The Bertz CT molecular complexity index is 930. The van der Waals surface area contributed by atoms with Gasteiger partial charge in [-0.1, -0.05) is 19.9 Å². The van der Waals surface area contributed by atoms with Crippen LogP contribution in [0.15, 0.2) is 22.5 Å². The first kappa shape index (κ1) is 24.8. The summed E-state index contributed by atoms with van der Waals surface area (Å²) in [6.07, 6.45) is 3.44. The zero-order valence-corrected chi connectivity index (χ0v) is 20.8. The molecule has 0 aromatic carbocycles. The summed E-state index contributed by atoms with van der Waals surface area (Å²) in [5.41, 5.74) is -0.311. The summed E-state index contributed by atoms with van der Waals surface area (Å²) in [5, 5.41) is 8.96. The molecule has 174 valence electrons. The Morgan fingerprint density at radius 3 is 2.88 bits per heavy atom. The Kier molecular flexibility index (Phi) is 8.40. The van der Waals surface area contributed by atoms with Crippen molar-refractivity contribution in [3.63, 3.8) is 0 Å². The number of carbonyl (C=O) groups is 3. The molecule has 2 amide bonds. The maximum Gasteiger partial charge on any atom is 0.329 e. The number of hydrogen-bond acceptors (Lipinski definition) is 9. The average molecular weight is 497 g/mol. The summed E-state index contributed by atoms with van der Waals surface area (Å²) >= 11 is 7.06. The number of rotatable bonds is 4. The lowest BCUT2D eigenvalue weighted by Crippen LogP contribution is -2.53. The number of esters is 1. The first-order valence-corrected chi connectivity index (χ1v) is 12.9. The Hall–Kier alpha value is -1.85. The van der Waals surface area contributed by atoms with Crippen molar-refractivity contribution in [2.24, 2.45) is 10.9 Å². The number of nitrogens with zero attached hydrogens (tertiary/aromatic N) is 2.